The smallest absolute Gasteiger partial charge is 0.269 e. The second-order valence-corrected chi connectivity index (χ2v) is 7.20. The number of nitrogens with zero attached hydrogens (tertiary/aromatic N) is 3. The molecule has 0 saturated carbocycles. The number of benzene rings is 1. The Hall–Kier alpha value is -3.48. The number of amides is 1. The lowest BCUT2D eigenvalue weighted by molar-refractivity contribution is 0.0925. The molecule has 0 aliphatic heterocycles. The number of para-hydroxylation sites is 2. The number of fused-ring (bicyclic) bond motifs is 1. The van der Waals surface area contributed by atoms with Crippen molar-refractivity contribution < 1.29 is 4.79 Å². The fourth-order valence-electron chi connectivity index (χ4n) is 3.18. The maximum atomic E-state index is 12.8. The predicted octanol–water partition coefficient (Wildman–Crippen LogP) is 3.87. The summed E-state index contributed by atoms with van der Waals surface area (Å²) in [4.78, 5) is 24.9. The summed E-state index contributed by atoms with van der Waals surface area (Å²) in [5.74, 6) is 0.940. The molecule has 0 aliphatic carbocycles. The molecule has 3 aromatic heterocycles. The maximum Gasteiger partial charge on any atom is 0.269 e. The Balaban J connectivity index is 1.57. The molecule has 1 unspecified atom stereocenters. The lowest BCUT2D eigenvalue weighted by atomic mass is 10.0. The zero-order chi connectivity index (χ0) is 19.5. The Morgan fingerprint density at radius 3 is 2.79 bits per heavy atom. The number of carbonyl (C=O) groups is 1. The van der Waals surface area contributed by atoms with E-state index in [-0.39, 0.29) is 11.9 Å². The number of aromatic amines is 2. The second kappa shape index (κ2) is 7.64. The van der Waals surface area contributed by atoms with Crippen molar-refractivity contribution in [1.29, 1.82) is 0 Å². The number of carbonyl (C=O) groups excluding carboxylic acids is 1. The van der Waals surface area contributed by atoms with E-state index in [2.05, 4.69) is 44.3 Å². The van der Waals surface area contributed by atoms with Crippen LogP contribution in [0.4, 0.5) is 0 Å². The highest BCUT2D eigenvalue weighted by atomic mass is 16.2. The first-order valence-electron chi connectivity index (χ1n) is 9.31. The number of nitrogens with one attached hydrogen (secondary N) is 3. The average molecular weight is 374 g/mol. The summed E-state index contributed by atoms with van der Waals surface area (Å²) in [6.45, 7) is 4.25. The van der Waals surface area contributed by atoms with Gasteiger partial charge < -0.3 is 10.3 Å². The van der Waals surface area contributed by atoms with E-state index in [4.69, 9.17) is 0 Å². The van der Waals surface area contributed by atoms with Crippen molar-refractivity contribution in [3.8, 4) is 11.3 Å². The van der Waals surface area contributed by atoms with Crippen molar-refractivity contribution >= 4 is 16.9 Å². The minimum atomic E-state index is -0.218. The van der Waals surface area contributed by atoms with E-state index in [9.17, 15) is 4.79 Å². The van der Waals surface area contributed by atoms with Gasteiger partial charge in [-0.25, -0.2) is 4.98 Å². The lowest BCUT2D eigenvalue weighted by Crippen LogP contribution is -2.30. The molecule has 28 heavy (non-hydrogen) atoms. The normalized spacial score (nSPS) is 12.4. The van der Waals surface area contributed by atoms with Crippen molar-refractivity contribution in [2.75, 3.05) is 0 Å². The largest absolute Gasteiger partial charge is 0.341 e. The summed E-state index contributed by atoms with van der Waals surface area (Å²) in [6.07, 6.45) is 4.19. The van der Waals surface area contributed by atoms with Crippen molar-refractivity contribution in [1.82, 2.24) is 30.5 Å². The molecule has 1 aromatic carbocycles. The van der Waals surface area contributed by atoms with E-state index in [1.165, 1.54) is 0 Å². The maximum absolute atomic E-state index is 12.8. The Labute approximate surface area is 162 Å². The third-order valence-corrected chi connectivity index (χ3v) is 4.53. The van der Waals surface area contributed by atoms with Gasteiger partial charge in [-0.2, -0.15) is 5.10 Å². The number of H-pyrrole nitrogens is 2. The molecule has 7 heteroatoms. The molecule has 0 fully saturated rings. The van der Waals surface area contributed by atoms with Crippen molar-refractivity contribution in [2.45, 2.75) is 26.3 Å². The minimum absolute atomic E-state index is 0.214. The van der Waals surface area contributed by atoms with Crippen LogP contribution in [0.5, 0.6) is 0 Å². The van der Waals surface area contributed by atoms with E-state index in [0.717, 1.165) is 28.8 Å². The molecule has 142 valence electrons. The molecule has 4 aromatic rings. The number of imidazole rings is 1. The lowest BCUT2D eigenvalue weighted by Gasteiger charge is -2.18. The second-order valence-electron chi connectivity index (χ2n) is 7.20. The van der Waals surface area contributed by atoms with Gasteiger partial charge in [0.1, 0.15) is 11.5 Å². The molecular formula is C21H22N6O. The van der Waals surface area contributed by atoms with Crippen molar-refractivity contribution in [3.05, 3.63) is 66.4 Å². The highest BCUT2D eigenvalue weighted by Crippen LogP contribution is 2.23. The summed E-state index contributed by atoms with van der Waals surface area (Å²) < 4.78 is 0. The molecule has 0 spiro atoms. The number of rotatable bonds is 6. The molecule has 0 radical (unpaired) electrons. The summed E-state index contributed by atoms with van der Waals surface area (Å²) in [5, 5.41) is 10.1. The summed E-state index contributed by atoms with van der Waals surface area (Å²) in [7, 11) is 0. The van der Waals surface area contributed by atoms with Gasteiger partial charge in [-0.1, -0.05) is 26.0 Å². The first-order chi connectivity index (χ1) is 13.6. The Morgan fingerprint density at radius 2 is 2.04 bits per heavy atom. The van der Waals surface area contributed by atoms with Gasteiger partial charge in [-0.3, -0.25) is 14.9 Å². The highest BCUT2D eigenvalue weighted by Gasteiger charge is 2.21. The van der Waals surface area contributed by atoms with Gasteiger partial charge >= 0.3 is 0 Å². The zero-order valence-electron chi connectivity index (χ0n) is 15.8. The van der Waals surface area contributed by atoms with Gasteiger partial charge in [0, 0.05) is 18.0 Å². The predicted molar refractivity (Wildman–Crippen MR) is 108 cm³/mol. The Morgan fingerprint density at radius 1 is 1.18 bits per heavy atom. The number of hydrogen-bond acceptors (Lipinski definition) is 4. The molecule has 3 N–H and O–H groups in total. The molecule has 0 bridgehead atoms. The average Bonchev–Trinajstić information content (AvgIpc) is 3.35. The van der Waals surface area contributed by atoms with Crippen molar-refractivity contribution in [3.63, 3.8) is 0 Å². The van der Waals surface area contributed by atoms with Crippen LogP contribution in [0, 0.1) is 5.92 Å². The van der Waals surface area contributed by atoms with Crippen LogP contribution >= 0.6 is 0 Å². The van der Waals surface area contributed by atoms with Crippen LogP contribution in [0.25, 0.3) is 22.3 Å². The SMILES string of the molecule is CC(C)CC(NC(=O)c1cc(-c2cccnc2)n[nH]1)c1nc2ccccc2[nH]1. The number of pyridine rings is 1. The van der Waals surface area contributed by atoms with Crippen LogP contribution in [-0.4, -0.2) is 31.1 Å². The van der Waals surface area contributed by atoms with Gasteiger partial charge in [0.05, 0.1) is 22.8 Å². The van der Waals surface area contributed by atoms with Crippen LogP contribution in [0.15, 0.2) is 54.9 Å². The monoisotopic (exact) mass is 374 g/mol. The Kier molecular flexibility index (Phi) is 4.89. The van der Waals surface area contributed by atoms with Gasteiger partial charge in [0.25, 0.3) is 5.91 Å². The highest BCUT2D eigenvalue weighted by molar-refractivity contribution is 5.93. The molecule has 4 rings (SSSR count). The third kappa shape index (κ3) is 3.78. The fraction of sp³-hybridized carbons (Fsp3) is 0.238. The number of hydrogen-bond donors (Lipinski definition) is 3. The first-order valence-corrected chi connectivity index (χ1v) is 9.31. The first kappa shape index (κ1) is 17.9. The quantitative estimate of drug-likeness (QED) is 0.477. The van der Waals surface area contributed by atoms with E-state index in [1.54, 1.807) is 18.5 Å². The number of aromatic nitrogens is 5. The summed E-state index contributed by atoms with van der Waals surface area (Å²) >= 11 is 0. The van der Waals surface area contributed by atoms with Crippen molar-refractivity contribution in [2.24, 2.45) is 5.92 Å². The van der Waals surface area contributed by atoms with Gasteiger partial charge in [0.2, 0.25) is 0 Å². The molecule has 0 saturated heterocycles. The molecule has 1 atom stereocenters. The molecule has 7 nitrogen and oxygen atoms in total. The molecule has 3 heterocycles. The van der Waals surface area contributed by atoms with Gasteiger partial charge in [-0.05, 0) is 42.7 Å². The van der Waals surface area contributed by atoms with E-state index in [0.29, 0.717) is 17.3 Å². The standard InChI is InChI=1S/C21H22N6O/c1-13(2)10-18(20-23-15-7-3-4-8-16(15)24-20)25-21(28)19-11-17(26-27-19)14-6-5-9-22-12-14/h3-9,11-13,18H,10H2,1-2H3,(H,23,24)(H,25,28)(H,26,27). The van der Waals surface area contributed by atoms with E-state index >= 15 is 0 Å². The van der Waals surface area contributed by atoms with Crippen LogP contribution in [-0.2, 0) is 0 Å². The van der Waals surface area contributed by atoms with Gasteiger partial charge in [-0.15, -0.1) is 0 Å². The topological polar surface area (TPSA) is 99.3 Å². The molecule has 0 aliphatic rings. The van der Waals surface area contributed by atoms with Gasteiger partial charge in [0.15, 0.2) is 0 Å². The van der Waals surface area contributed by atoms with E-state index < -0.39 is 0 Å². The van der Waals surface area contributed by atoms with E-state index in [1.807, 2.05) is 36.4 Å². The zero-order valence-corrected chi connectivity index (χ0v) is 15.8. The summed E-state index contributed by atoms with van der Waals surface area (Å²) in [6, 6.07) is 13.1. The minimum Gasteiger partial charge on any atom is -0.341 e. The van der Waals surface area contributed by atoms with Crippen LogP contribution in [0.3, 0.4) is 0 Å². The summed E-state index contributed by atoms with van der Waals surface area (Å²) in [5.41, 5.74) is 3.79. The fourth-order valence-corrected chi connectivity index (χ4v) is 3.18. The Bertz CT molecular complexity index is 1050. The molecular weight excluding hydrogens is 352 g/mol. The van der Waals surface area contributed by atoms with Crippen LogP contribution in [0.1, 0.15) is 42.6 Å². The van der Waals surface area contributed by atoms with Crippen LogP contribution in [0.2, 0.25) is 0 Å². The third-order valence-electron chi connectivity index (χ3n) is 4.53. The molecule has 1 amide bonds. The van der Waals surface area contributed by atoms with Crippen LogP contribution < -0.4 is 5.32 Å².